The van der Waals surface area contributed by atoms with E-state index in [-0.39, 0.29) is 17.2 Å². The second kappa shape index (κ2) is 5.17. The van der Waals surface area contributed by atoms with Crippen molar-refractivity contribution >= 4 is 32.8 Å². The highest BCUT2D eigenvalue weighted by Gasteiger charge is 2.16. The van der Waals surface area contributed by atoms with Gasteiger partial charge in [-0.15, -0.1) is 0 Å². The maximum atomic E-state index is 12.1. The standard InChI is InChI=1S/C14H14BrNO3/c1-7(2)19-14(18)10-6-12(17)16-13-9(10)4-8(3)5-11(13)15/h4-7H,1-3H3,(H,16,17). The third kappa shape index (κ3) is 2.87. The molecule has 5 heteroatoms. The van der Waals surface area contributed by atoms with Gasteiger partial charge < -0.3 is 9.72 Å². The minimum absolute atomic E-state index is 0.227. The number of aromatic nitrogens is 1. The van der Waals surface area contributed by atoms with Crippen molar-refractivity contribution in [2.24, 2.45) is 0 Å². The maximum absolute atomic E-state index is 12.1. The van der Waals surface area contributed by atoms with Crippen molar-refractivity contribution in [3.63, 3.8) is 0 Å². The molecule has 1 aromatic carbocycles. The fourth-order valence-electron chi connectivity index (χ4n) is 1.90. The molecule has 4 nitrogen and oxygen atoms in total. The number of hydrogen-bond acceptors (Lipinski definition) is 3. The number of fused-ring (bicyclic) bond motifs is 1. The Morgan fingerprint density at radius 3 is 2.63 bits per heavy atom. The summed E-state index contributed by atoms with van der Waals surface area (Å²) in [6.07, 6.45) is -0.227. The molecule has 0 amide bonds. The zero-order valence-electron chi connectivity index (χ0n) is 10.9. The summed E-state index contributed by atoms with van der Waals surface area (Å²) in [6, 6.07) is 5.02. The Hall–Kier alpha value is -1.62. The highest BCUT2D eigenvalue weighted by Crippen LogP contribution is 2.26. The predicted octanol–water partition coefficient (Wildman–Crippen LogP) is 3.16. The van der Waals surface area contributed by atoms with Crippen molar-refractivity contribution < 1.29 is 9.53 Å². The molecule has 0 fully saturated rings. The van der Waals surface area contributed by atoms with E-state index in [4.69, 9.17) is 4.74 Å². The minimum Gasteiger partial charge on any atom is -0.459 e. The van der Waals surface area contributed by atoms with Crippen LogP contribution in [0.25, 0.3) is 10.9 Å². The summed E-state index contributed by atoms with van der Waals surface area (Å²) >= 11 is 3.39. The van der Waals surface area contributed by atoms with Gasteiger partial charge in [-0.2, -0.15) is 0 Å². The van der Waals surface area contributed by atoms with Crippen molar-refractivity contribution in [1.82, 2.24) is 4.98 Å². The van der Waals surface area contributed by atoms with Crippen LogP contribution >= 0.6 is 15.9 Å². The third-order valence-electron chi connectivity index (χ3n) is 2.61. The number of carbonyl (C=O) groups is 1. The minimum atomic E-state index is -0.483. The molecular weight excluding hydrogens is 310 g/mol. The molecule has 1 N–H and O–H groups in total. The zero-order chi connectivity index (χ0) is 14.2. The number of esters is 1. The number of aryl methyl sites for hydroxylation is 1. The monoisotopic (exact) mass is 323 g/mol. The number of rotatable bonds is 2. The van der Waals surface area contributed by atoms with E-state index in [1.807, 2.05) is 19.1 Å². The van der Waals surface area contributed by atoms with Crippen molar-refractivity contribution in [2.45, 2.75) is 26.9 Å². The summed E-state index contributed by atoms with van der Waals surface area (Å²) in [5.41, 5.74) is 1.56. The van der Waals surface area contributed by atoms with E-state index in [2.05, 4.69) is 20.9 Å². The number of aromatic amines is 1. The number of benzene rings is 1. The highest BCUT2D eigenvalue weighted by molar-refractivity contribution is 9.10. The van der Waals surface area contributed by atoms with Crippen molar-refractivity contribution in [1.29, 1.82) is 0 Å². The SMILES string of the molecule is Cc1cc(Br)c2[nH]c(=O)cc(C(=O)OC(C)C)c2c1. The molecule has 0 saturated carbocycles. The number of carbonyl (C=O) groups excluding carboxylic acids is 1. The van der Waals surface area contributed by atoms with Gasteiger partial charge in [0, 0.05) is 15.9 Å². The van der Waals surface area contributed by atoms with Crippen LogP contribution in [0.1, 0.15) is 29.8 Å². The summed E-state index contributed by atoms with van der Waals surface area (Å²) in [6.45, 7) is 5.47. The average Bonchev–Trinajstić information content (AvgIpc) is 2.28. The topological polar surface area (TPSA) is 59.2 Å². The van der Waals surface area contributed by atoms with Crippen molar-refractivity contribution in [2.75, 3.05) is 0 Å². The van der Waals surface area contributed by atoms with Gasteiger partial charge in [-0.05, 0) is 54.4 Å². The van der Waals surface area contributed by atoms with Crippen LogP contribution in [0.3, 0.4) is 0 Å². The van der Waals surface area contributed by atoms with Crippen LogP contribution in [0.2, 0.25) is 0 Å². The number of ether oxygens (including phenoxy) is 1. The number of pyridine rings is 1. The predicted molar refractivity (Wildman–Crippen MR) is 77.6 cm³/mol. The second-order valence-corrected chi connectivity index (χ2v) is 5.52. The Morgan fingerprint density at radius 1 is 1.32 bits per heavy atom. The number of halogens is 1. The largest absolute Gasteiger partial charge is 0.459 e. The van der Waals surface area contributed by atoms with Crippen LogP contribution in [0, 0.1) is 6.92 Å². The summed E-state index contributed by atoms with van der Waals surface area (Å²) in [7, 11) is 0. The molecule has 100 valence electrons. The van der Waals surface area contributed by atoms with Crippen LogP contribution < -0.4 is 5.56 Å². The Bertz CT molecular complexity index is 704. The van der Waals surface area contributed by atoms with Gasteiger partial charge in [-0.25, -0.2) is 4.79 Å². The van der Waals surface area contributed by atoms with Crippen molar-refractivity contribution in [3.8, 4) is 0 Å². The molecule has 0 atom stereocenters. The first-order valence-electron chi connectivity index (χ1n) is 5.92. The molecule has 1 aromatic heterocycles. The molecule has 0 spiro atoms. The van der Waals surface area contributed by atoms with Gasteiger partial charge in [0.05, 0.1) is 17.2 Å². The van der Waals surface area contributed by atoms with Crippen LogP contribution in [0.15, 0.2) is 27.5 Å². The van der Waals surface area contributed by atoms with Gasteiger partial charge in [0.1, 0.15) is 0 Å². The van der Waals surface area contributed by atoms with Gasteiger partial charge in [-0.3, -0.25) is 4.79 Å². The number of H-pyrrole nitrogens is 1. The molecule has 0 radical (unpaired) electrons. The Balaban J connectivity index is 2.73. The van der Waals surface area contributed by atoms with Crippen LogP contribution in [-0.2, 0) is 4.74 Å². The summed E-state index contributed by atoms with van der Waals surface area (Å²) in [5, 5.41) is 0.678. The van der Waals surface area contributed by atoms with E-state index < -0.39 is 5.97 Å². The zero-order valence-corrected chi connectivity index (χ0v) is 12.5. The van der Waals surface area contributed by atoms with Gasteiger partial charge in [0.25, 0.3) is 0 Å². The first-order chi connectivity index (χ1) is 8.88. The molecule has 1 heterocycles. The van der Waals surface area contributed by atoms with E-state index in [1.54, 1.807) is 13.8 Å². The molecule has 0 aliphatic heterocycles. The van der Waals surface area contributed by atoms with Gasteiger partial charge in [-0.1, -0.05) is 0 Å². The molecule has 2 aromatic rings. The first-order valence-corrected chi connectivity index (χ1v) is 6.72. The lowest BCUT2D eigenvalue weighted by Crippen LogP contribution is -2.16. The lowest BCUT2D eigenvalue weighted by molar-refractivity contribution is 0.0380. The Morgan fingerprint density at radius 2 is 2.00 bits per heavy atom. The third-order valence-corrected chi connectivity index (χ3v) is 3.24. The van der Waals surface area contributed by atoms with E-state index in [0.29, 0.717) is 10.9 Å². The average molecular weight is 324 g/mol. The molecule has 0 saturated heterocycles. The summed E-state index contributed by atoms with van der Waals surface area (Å²) in [4.78, 5) is 26.4. The molecule has 0 unspecified atom stereocenters. The quantitative estimate of drug-likeness (QED) is 0.863. The fraction of sp³-hybridized carbons (Fsp3) is 0.286. The van der Waals surface area contributed by atoms with Crippen LogP contribution in [-0.4, -0.2) is 17.1 Å². The second-order valence-electron chi connectivity index (χ2n) is 4.67. The van der Waals surface area contributed by atoms with Crippen LogP contribution in [0.5, 0.6) is 0 Å². The number of nitrogens with one attached hydrogen (secondary N) is 1. The first kappa shape index (κ1) is 13.8. The van der Waals surface area contributed by atoms with E-state index in [1.165, 1.54) is 6.07 Å². The molecule has 0 aliphatic carbocycles. The van der Waals surface area contributed by atoms with Crippen LogP contribution in [0.4, 0.5) is 0 Å². The van der Waals surface area contributed by atoms with E-state index in [9.17, 15) is 9.59 Å². The molecule has 2 rings (SSSR count). The lowest BCUT2D eigenvalue weighted by Gasteiger charge is -2.11. The summed E-state index contributed by atoms with van der Waals surface area (Å²) < 4.78 is 5.92. The molecule has 19 heavy (non-hydrogen) atoms. The lowest BCUT2D eigenvalue weighted by atomic mass is 10.1. The highest BCUT2D eigenvalue weighted by atomic mass is 79.9. The number of hydrogen-bond donors (Lipinski definition) is 1. The molecule has 0 aliphatic rings. The van der Waals surface area contributed by atoms with E-state index in [0.717, 1.165) is 10.0 Å². The fourth-order valence-corrected chi connectivity index (χ4v) is 2.57. The van der Waals surface area contributed by atoms with Gasteiger partial charge in [0.15, 0.2) is 0 Å². The maximum Gasteiger partial charge on any atom is 0.339 e. The summed E-state index contributed by atoms with van der Waals surface area (Å²) in [5.74, 6) is -0.483. The van der Waals surface area contributed by atoms with Crippen molar-refractivity contribution in [3.05, 3.63) is 44.2 Å². The molecular formula is C14H14BrNO3. The Kier molecular flexibility index (Phi) is 3.75. The van der Waals surface area contributed by atoms with Gasteiger partial charge in [0.2, 0.25) is 5.56 Å². The normalized spacial score (nSPS) is 11.0. The molecule has 0 bridgehead atoms. The van der Waals surface area contributed by atoms with E-state index >= 15 is 0 Å². The van der Waals surface area contributed by atoms with Gasteiger partial charge >= 0.3 is 5.97 Å². The Labute approximate surface area is 118 Å². The smallest absolute Gasteiger partial charge is 0.339 e.